The van der Waals surface area contributed by atoms with Crippen molar-refractivity contribution in [2.24, 2.45) is 0 Å². The van der Waals surface area contributed by atoms with Gasteiger partial charge in [-0.1, -0.05) is 13.5 Å². The summed E-state index contributed by atoms with van der Waals surface area (Å²) in [6, 6.07) is 3.18. The van der Waals surface area contributed by atoms with Gasteiger partial charge < -0.3 is 4.74 Å². The van der Waals surface area contributed by atoms with Crippen molar-refractivity contribution in [1.82, 2.24) is 4.98 Å². The van der Waals surface area contributed by atoms with E-state index >= 15 is 0 Å². The zero-order valence-corrected chi connectivity index (χ0v) is 7.59. The fourth-order valence-corrected chi connectivity index (χ4v) is 0.761. The lowest BCUT2D eigenvalue weighted by atomic mass is 10.2. The molecule has 0 spiro atoms. The molecular weight excluding hydrogens is 169 g/mol. The molecule has 0 saturated carbocycles. The molecule has 0 N–H and O–H groups in total. The minimum atomic E-state index is -0.577. The molecule has 13 heavy (non-hydrogen) atoms. The first-order valence-corrected chi connectivity index (χ1v) is 4.14. The van der Waals surface area contributed by atoms with Crippen molar-refractivity contribution in [2.45, 2.75) is 13.3 Å². The molecule has 0 unspecified atom stereocenters. The Morgan fingerprint density at radius 2 is 2.46 bits per heavy atom. The Balaban J connectivity index is 2.54. The molecule has 1 aromatic rings. The highest BCUT2D eigenvalue weighted by atomic mass is 19.1. The van der Waals surface area contributed by atoms with Crippen LogP contribution in [0.2, 0.25) is 0 Å². The molecule has 0 atom stereocenters. The van der Waals surface area contributed by atoms with Crippen LogP contribution in [0.25, 0.3) is 0 Å². The molecule has 0 aliphatic rings. The zero-order valence-electron chi connectivity index (χ0n) is 7.59. The third kappa shape index (κ3) is 2.86. The Hall–Kier alpha value is -1.38. The number of aromatic nitrogens is 1. The molecule has 0 radical (unpaired) electrons. The third-order valence-corrected chi connectivity index (χ3v) is 1.66. The summed E-state index contributed by atoms with van der Waals surface area (Å²) in [5, 5.41) is 0. The molecule has 0 aromatic carbocycles. The summed E-state index contributed by atoms with van der Waals surface area (Å²) in [7, 11) is 0. The van der Waals surface area contributed by atoms with Crippen LogP contribution in [-0.4, -0.2) is 11.6 Å². The number of ether oxygens (including phenoxy) is 1. The number of hydrogen-bond acceptors (Lipinski definition) is 2. The van der Waals surface area contributed by atoms with Crippen molar-refractivity contribution in [3.63, 3.8) is 0 Å². The molecule has 0 amide bonds. The second-order valence-electron chi connectivity index (χ2n) is 2.68. The van der Waals surface area contributed by atoms with E-state index in [0.29, 0.717) is 6.61 Å². The summed E-state index contributed by atoms with van der Waals surface area (Å²) < 4.78 is 18.0. The SMILES string of the molecule is C=C(CC)COc1cccnc1F. The summed E-state index contributed by atoms with van der Waals surface area (Å²) in [6.45, 7) is 6.07. The molecule has 1 rings (SSSR count). The molecule has 1 heterocycles. The Bertz CT molecular complexity index is 299. The van der Waals surface area contributed by atoms with Gasteiger partial charge in [-0.25, -0.2) is 4.98 Å². The molecule has 3 heteroatoms. The van der Waals surface area contributed by atoms with Gasteiger partial charge in [-0.3, -0.25) is 0 Å². The fourth-order valence-electron chi connectivity index (χ4n) is 0.761. The number of pyridine rings is 1. The maximum Gasteiger partial charge on any atom is 0.255 e. The van der Waals surface area contributed by atoms with Gasteiger partial charge in [0.2, 0.25) is 0 Å². The van der Waals surface area contributed by atoms with E-state index in [9.17, 15) is 4.39 Å². The Morgan fingerprint density at radius 1 is 1.69 bits per heavy atom. The van der Waals surface area contributed by atoms with Gasteiger partial charge in [0, 0.05) is 6.20 Å². The predicted molar refractivity (Wildman–Crippen MR) is 49.1 cm³/mol. The first-order chi connectivity index (χ1) is 6.24. The van der Waals surface area contributed by atoms with Crippen molar-refractivity contribution in [3.05, 3.63) is 36.4 Å². The summed E-state index contributed by atoms with van der Waals surface area (Å²) in [5.74, 6) is -0.400. The van der Waals surface area contributed by atoms with E-state index in [4.69, 9.17) is 4.74 Å². The third-order valence-electron chi connectivity index (χ3n) is 1.66. The topological polar surface area (TPSA) is 22.1 Å². The molecule has 0 saturated heterocycles. The summed E-state index contributed by atoms with van der Waals surface area (Å²) in [6.07, 6.45) is 2.22. The van der Waals surface area contributed by atoms with Crippen molar-refractivity contribution < 1.29 is 9.13 Å². The molecular formula is C10H12FNO. The van der Waals surface area contributed by atoms with Crippen molar-refractivity contribution in [1.29, 1.82) is 0 Å². The van der Waals surface area contributed by atoms with Gasteiger partial charge in [0.15, 0.2) is 5.75 Å². The average molecular weight is 181 g/mol. The fraction of sp³-hybridized carbons (Fsp3) is 0.300. The quantitative estimate of drug-likeness (QED) is 0.526. The lowest BCUT2D eigenvalue weighted by Gasteiger charge is -2.06. The van der Waals surface area contributed by atoms with E-state index in [1.807, 2.05) is 6.92 Å². The number of rotatable bonds is 4. The summed E-state index contributed by atoms with van der Waals surface area (Å²) in [4.78, 5) is 3.46. The maximum atomic E-state index is 12.9. The normalized spacial score (nSPS) is 9.69. The van der Waals surface area contributed by atoms with Crippen LogP contribution in [0, 0.1) is 5.95 Å². The number of nitrogens with zero attached hydrogens (tertiary/aromatic N) is 1. The first-order valence-electron chi connectivity index (χ1n) is 4.14. The molecule has 0 aliphatic heterocycles. The number of halogens is 1. The second kappa shape index (κ2) is 4.60. The zero-order chi connectivity index (χ0) is 9.68. The molecule has 0 fully saturated rings. The molecule has 1 aromatic heterocycles. The van der Waals surface area contributed by atoms with Gasteiger partial charge in [-0.15, -0.1) is 0 Å². The van der Waals surface area contributed by atoms with Crippen LogP contribution in [0.1, 0.15) is 13.3 Å². The highest BCUT2D eigenvalue weighted by Gasteiger charge is 2.02. The highest BCUT2D eigenvalue weighted by molar-refractivity contribution is 5.18. The van der Waals surface area contributed by atoms with Crippen LogP contribution in [0.5, 0.6) is 5.75 Å². The average Bonchev–Trinajstić information content (AvgIpc) is 2.16. The lowest BCUT2D eigenvalue weighted by Crippen LogP contribution is -2.01. The van der Waals surface area contributed by atoms with E-state index in [1.165, 1.54) is 6.20 Å². The Morgan fingerprint density at radius 3 is 3.08 bits per heavy atom. The minimum absolute atomic E-state index is 0.178. The van der Waals surface area contributed by atoms with Crippen LogP contribution in [0.4, 0.5) is 4.39 Å². The highest BCUT2D eigenvalue weighted by Crippen LogP contribution is 2.13. The predicted octanol–water partition coefficient (Wildman–Crippen LogP) is 2.57. The largest absolute Gasteiger partial charge is 0.484 e. The maximum absolute atomic E-state index is 12.9. The van der Waals surface area contributed by atoms with Crippen LogP contribution in [0.3, 0.4) is 0 Å². The van der Waals surface area contributed by atoms with Gasteiger partial charge in [-0.2, -0.15) is 4.39 Å². The standard InChI is InChI=1S/C10H12FNO/c1-3-8(2)7-13-9-5-4-6-12-10(9)11/h4-6H,2-3,7H2,1H3. The van der Waals surface area contributed by atoms with E-state index in [2.05, 4.69) is 11.6 Å². The molecule has 0 aliphatic carbocycles. The second-order valence-corrected chi connectivity index (χ2v) is 2.68. The molecule has 70 valence electrons. The lowest BCUT2D eigenvalue weighted by molar-refractivity contribution is 0.324. The van der Waals surface area contributed by atoms with Crippen LogP contribution in [-0.2, 0) is 0 Å². The smallest absolute Gasteiger partial charge is 0.255 e. The summed E-state index contributed by atoms with van der Waals surface area (Å²) >= 11 is 0. The van der Waals surface area contributed by atoms with E-state index in [1.54, 1.807) is 12.1 Å². The van der Waals surface area contributed by atoms with Gasteiger partial charge in [0.25, 0.3) is 5.95 Å². The Labute approximate surface area is 77.1 Å². The summed E-state index contributed by atoms with van der Waals surface area (Å²) in [5.41, 5.74) is 0.934. The van der Waals surface area contributed by atoms with Crippen molar-refractivity contribution >= 4 is 0 Å². The van der Waals surface area contributed by atoms with Gasteiger partial charge in [-0.05, 0) is 24.1 Å². The van der Waals surface area contributed by atoms with Crippen LogP contribution >= 0.6 is 0 Å². The van der Waals surface area contributed by atoms with Crippen molar-refractivity contribution in [3.8, 4) is 5.75 Å². The monoisotopic (exact) mass is 181 g/mol. The van der Waals surface area contributed by atoms with Gasteiger partial charge >= 0.3 is 0 Å². The first kappa shape index (κ1) is 9.71. The van der Waals surface area contributed by atoms with Crippen LogP contribution < -0.4 is 4.74 Å². The molecule has 2 nitrogen and oxygen atoms in total. The van der Waals surface area contributed by atoms with Gasteiger partial charge in [0.1, 0.15) is 6.61 Å². The minimum Gasteiger partial charge on any atom is -0.484 e. The Kier molecular flexibility index (Phi) is 3.43. The van der Waals surface area contributed by atoms with Crippen LogP contribution in [0.15, 0.2) is 30.5 Å². The van der Waals surface area contributed by atoms with Gasteiger partial charge in [0.05, 0.1) is 0 Å². The van der Waals surface area contributed by atoms with E-state index in [-0.39, 0.29) is 5.75 Å². The van der Waals surface area contributed by atoms with E-state index in [0.717, 1.165) is 12.0 Å². The molecule has 0 bridgehead atoms. The number of hydrogen-bond donors (Lipinski definition) is 0. The van der Waals surface area contributed by atoms with E-state index < -0.39 is 5.95 Å². The van der Waals surface area contributed by atoms with Crippen molar-refractivity contribution in [2.75, 3.05) is 6.61 Å².